The lowest BCUT2D eigenvalue weighted by atomic mass is 10.1. The average molecular weight is 288 g/mol. The molecule has 1 saturated heterocycles. The van der Waals surface area contributed by atoms with E-state index in [0.29, 0.717) is 0 Å². The number of carbonyl (C=O) groups is 3. The molecule has 1 rings (SSSR count). The number of thioether (sulfide) groups is 1. The Labute approximate surface area is 115 Å². The van der Waals surface area contributed by atoms with Crippen LogP contribution in [0, 0.1) is 0 Å². The minimum Gasteiger partial charge on any atom is -0.464 e. The number of hydrogen-bond donors (Lipinski definition) is 0. The summed E-state index contributed by atoms with van der Waals surface area (Å²) in [6, 6.07) is 0. The molecule has 0 aliphatic carbocycles. The molecule has 1 amide bonds. The molecule has 0 radical (unpaired) electrons. The van der Waals surface area contributed by atoms with Gasteiger partial charge in [-0.15, -0.1) is 0 Å². The smallest absolute Gasteiger partial charge is 0.344 e. The third-order valence-corrected chi connectivity index (χ3v) is 3.91. The molecule has 0 aromatic carbocycles. The van der Waals surface area contributed by atoms with Gasteiger partial charge in [-0.3, -0.25) is 14.7 Å². The number of amides is 1. The van der Waals surface area contributed by atoms with Crippen LogP contribution in [0.1, 0.15) is 13.8 Å². The Hall–Kier alpha value is -1.57. The molecule has 1 heterocycles. The zero-order valence-electron chi connectivity index (χ0n) is 11.3. The third kappa shape index (κ3) is 2.44. The molecule has 0 spiro atoms. The van der Waals surface area contributed by atoms with Gasteiger partial charge in [-0.1, -0.05) is 0 Å². The summed E-state index contributed by atoms with van der Waals surface area (Å²) in [6.07, 6.45) is 0. The van der Waals surface area contributed by atoms with Gasteiger partial charge < -0.3 is 9.47 Å². The van der Waals surface area contributed by atoms with E-state index >= 15 is 0 Å². The summed E-state index contributed by atoms with van der Waals surface area (Å²) in [5.41, 5.74) is 0. The summed E-state index contributed by atoms with van der Waals surface area (Å²) in [5.74, 6) is -2.54. The van der Waals surface area contributed by atoms with Crippen LogP contribution in [0.3, 0.4) is 0 Å². The van der Waals surface area contributed by atoms with Gasteiger partial charge in [-0.25, -0.2) is 9.59 Å². The van der Waals surface area contributed by atoms with E-state index in [1.165, 1.54) is 14.1 Å². The SMILES string of the molecule is CCOC(=O)C1(C(=O)OCC)SC(=NC)N(C)C1=O. The molecular weight excluding hydrogens is 272 g/mol. The fourth-order valence-electron chi connectivity index (χ4n) is 1.57. The van der Waals surface area contributed by atoms with Gasteiger partial charge in [0.2, 0.25) is 0 Å². The van der Waals surface area contributed by atoms with Crippen LogP contribution >= 0.6 is 11.8 Å². The normalized spacial score (nSPS) is 19.7. The van der Waals surface area contributed by atoms with Gasteiger partial charge in [-0.2, -0.15) is 0 Å². The maximum absolute atomic E-state index is 12.3. The van der Waals surface area contributed by atoms with Gasteiger partial charge in [0.05, 0.1) is 13.2 Å². The van der Waals surface area contributed by atoms with Gasteiger partial charge >= 0.3 is 11.9 Å². The van der Waals surface area contributed by atoms with E-state index in [2.05, 4.69) is 4.99 Å². The second-order valence-electron chi connectivity index (χ2n) is 3.59. The number of esters is 2. The van der Waals surface area contributed by atoms with Crippen molar-refractivity contribution in [3.05, 3.63) is 0 Å². The van der Waals surface area contributed by atoms with Crippen molar-refractivity contribution in [3.63, 3.8) is 0 Å². The summed E-state index contributed by atoms with van der Waals surface area (Å²) in [7, 11) is 2.91. The topological polar surface area (TPSA) is 85.3 Å². The van der Waals surface area contributed by atoms with Crippen LogP contribution in [-0.2, 0) is 23.9 Å². The van der Waals surface area contributed by atoms with Crippen molar-refractivity contribution in [2.45, 2.75) is 18.6 Å². The molecule has 0 aromatic rings. The number of nitrogens with zero attached hydrogens (tertiary/aromatic N) is 2. The van der Waals surface area contributed by atoms with Gasteiger partial charge in [-0.05, 0) is 25.6 Å². The van der Waals surface area contributed by atoms with Crippen molar-refractivity contribution in [1.82, 2.24) is 4.90 Å². The highest BCUT2D eigenvalue weighted by Gasteiger charge is 2.64. The summed E-state index contributed by atoms with van der Waals surface area (Å²) < 4.78 is 7.66. The maximum atomic E-state index is 12.3. The molecule has 1 aliphatic heterocycles. The number of rotatable bonds is 4. The highest BCUT2D eigenvalue weighted by Crippen LogP contribution is 2.39. The van der Waals surface area contributed by atoms with Crippen molar-refractivity contribution >= 4 is 34.8 Å². The van der Waals surface area contributed by atoms with Gasteiger partial charge in [0.15, 0.2) is 5.17 Å². The summed E-state index contributed by atoms with van der Waals surface area (Å²) in [5, 5.41) is 0.270. The van der Waals surface area contributed by atoms with Crippen LogP contribution in [0.4, 0.5) is 0 Å². The predicted molar refractivity (Wildman–Crippen MR) is 69.7 cm³/mol. The maximum Gasteiger partial charge on any atom is 0.344 e. The van der Waals surface area contributed by atoms with E-state index in [-0.39, 0.29) is 18.4 Å². The molecule has 7 nitrogen and oxygen atoms in total. The second kappa shape index (κ2) is 6.05. The highest BCUT2D eigenvalue weighted by molar-refractivity contribution is 8.17. The quantitative estimate of drug-likeness (QED) is 0.536. The van der Waals surface area contributed by atoms with Crippen LogP contribution in [0.2, 0.25) is 0 Å². The third-order valence-electron chi connectivity index (χ3n) is 2.45. The van der Waals surface area contributed by atoms with E-state index in [9.17, 15) is 14.4 Å². The Kier molecular flexibility index (Phi) is 4.93. The number of amidine groups is 1. The highest BCUT2D eigenvalue weighted by atomic mass is 32.2. The minimum atomic E-state index is -2.03. The Morgan fingerprint density at radius 3 is 2.05 bits per heavy atom. The number of carbonyl (C=O) groups excluding carboxylic acids is 3. The lowest BCUT2D eigenvalue weighted by Crippen LogP contribution is -2.52. The Morgan fingerprint density at radius 1 is 1.26 bits per heavy atom. The van der Waals surface area contributed by atoms with E-state index in [1.807, 2.05) is 0 Å². The Bertz CT molecular complexity index is 417. The van der Waals surface area contributed by atoms with Crippen molar-refractivity contribution in [1.29, 1.82) is 0 Å². The van der Waals surface area contributed by atoms with Crippen molar-refractivity contribution in [3.8, 4) is 0 Å². The van der Waals surface area contributed by atoms with Crippen LogP contribution in [0.5, 0.6) is 0 Å². The molecule has 1 fully saturated rings. The summed E-state index contributed by atoms with van der Waals surface area (Å²) in [6.45, 7) is 3.32. The summed E-state index contributed by atoms with van der Waals surface area (Å²) in [4.78, 5) is 41.4. The number of ether oxygens (including phenoxy) is 2. The van der Waals surface area contributed by atoms with E-state index in [0.717, 1.165) is 16.7 Å². The van der Waals surface area contributed by atoms with E-state index in [4.69, 9.17) is 9.47 Å². The van der Waals surface area contributed by atoms with Crippen LogP contribution in [0.25, 0.3) is 0 Å². The molecule has 8 heteroatoms. The van der Waals surface area contributed by atoms with E-state index < -0.39 is 22.6 Å². The van der Waals surface area contributed by atoms with Gasteiger partial charge in [0.25, 0.3) is 10.7 Å². The lowest BCUT2D eigenvalue weighted by Gasteiger charge is -2.20. The molecular formula is C11H16N2O5S. The number of aliphatic imine (C=N–C) groups is 1. The van der Waals surface area contributed by atoms with Crippen LogP contribution in [-0.4, -0.2) is 60.0 Å². The molecule has 0 bridgehead atoms. The van der Waals surface area contributed by atoms with Gasteiger partial charge in [0.1, 0.15) is 0 Å². The first-order valence-electron chi connectivity index (χ1n) is 5.74. The van der Waals surface area contributed by atoms with Crippen molar-refractivity contribution in [2.75, 3.05) is 27.3 Å². The first-order chi connectivity index (χ1) is 8.95. The molecule has 0 atom stereocenters. The van der Waals surface area contributed by atoms with Crippen LogP contribution in [0.15, 0.2) is 4.99 Å². The van der Waals surface area contributed by atoms with Gasteiger partial charge in [0, 0.05) is 14.1 Å². The Morgan fingerprint density at radius 2 is 1.74 bits per heavy atom. The fraction of sp³-hybridized carbons (Fsp3) is 0.636. The van der Waals surface area contributed by atoms with Crippen molar-refractivity contribution in [2.24, 2.45) is 4.99 Å². The molecule has 0 unspecified atom stereocenters. The molecule has 106 valence electrons. The summed E-state index contributed by atoms with van der Waals surface area (Å²) >= 11 is 0.748. The number of hydrogen-bond acceptors (Lipinski definition) is 7. The Balaban J connectivity index is 3.25. The van der Waals surface area contributed by atoms with Crippen LogP contribution < -0.4 is 0 Å². The predicted octanol–water partition coefficient (Wildman–Crippen LogP) is 0.0424. The first kappa shape index (κ1) is 15.5. The largest absolute Gasteiger partial charge is 0.464 e. The zero-order chi connectivity index (χ0) is 14.6. The zero-order valence-corrected chi connectivity index (χ0v) is 12.1. The monoisotopic (exact) mass is 288 g/mol. The average Bonchev–Trinajstić information content (AvgIpc) is 2.64. The second-order valence-corrected chi connectivity index (χ2v) is 4.78. The first-order valence-corrected chi connectivity index (χ1v) is 6.55. The molecule has 19 heavy (non-hydrogen) atoms. The van der Waals surface area contributed by atoms with Crippen molar-refractivity contribution < 1.29 is 23.9 Å². The molecule has 0 aromatic heterocycles. The molecule has 0 saturated carbocycles. The molecule has 1 aliphatic rings. The lowest BCUT2D eigenvalue weighted by molar-refractivity contribution is -0.162. The minimum absolute atomic E-state index is 0.0656. The fourth-order valence-corrected chi connectivity index (χ4v) is 2.67. The standard InChI is InChI=1S/C11H16N2O5S/c1-5-17-8(15)11(9(16)18-6-2)7(14)13(4)10(12-3)19-11/h5-6H2,1-4H3. The van der Waals surface area contributed by atoms with E-state index in [1.54, 1.807) is 13.8 Å². The molecule has 0 N–H and O–H groups in total.